The lowest BCUT2D eigenvalue weighted by molar-refractivity contribution is 0.0329. The minimum atomic E-state index is -0.324. The van der Waals surface area contributed by atoms with E-state index in [1.165, 1.54) is 11.6 Å². The number of benzene rings is 2. The first-order valence-corrected chi connectivity index (χ1v) is 8.48. The van der Waals surface area contributed by atoms with Gasteiger partial charge in [0.2, 0.25) is 0 Å². The fourth-order valence-corrected chi connectivity index (χ4v) is 3.12. The van der Waals surface area contributed by atoms with Gasteiger partial charge in [0, 0.05) is 5.92 Å². The van der Waals surface area contributed by atoms with Gasteiger partial charge in [-0.3, -0.25) is 0 Å². The molecule has 3 heteroatoms. The molecule has 0 radical (unpaired) electrons. The maximum absolute atomic E-state index is 14.0. The van der Waals surface area contributed by atoms with Gasteiger partial charge in [-0.1, -0.05) is 36.4 Å². The topological polar surface area (TPSA) is 18.5 Å². The Balaban J connectivity index is 1.73. The van der Waals surface area contributed by atoms with Crippen molar-refractivity contribution in [2.45, 2.75) is 31.8 Å². The van der Waals surface area contributed by atoms with Crippen molar-refractivity contribution in [1.82, 2.24) is 0 Å². The van der Waals surface area contributed by atoms with Gasteiger partial charge in [0.05, 0.1) is 19.3 Å². The molecule has 1 saturated heterocycles. The summed E-state index contributed by atoms with van der Waals surface area (Å²) in [6.45, 7) is 6.82. The molecule has 2 nitrogen and oxygen atoms in total. The molecule has 1 heterocycles. The molecule has 3 rings (SSSR count). The molecule has 1 aliphatic rings. The van der Waals surface area contributed by atoms with Crippen LogP contribution < -0.4 is 4.74 Å². The molecule has 0 saturated carbocycles. The smallest absolute Gasteiger partial charge is 0.165 e. The maximum atomic E-state index is 14.0. The van der Waals surface area contributed by atoms with E-state index in [-0.39, 0.29) is 11.9 Å². The molecular weight excluding hydrogens is 303 g/mol. The molecule has 2 unspecified atom stereocenters. The summed E-state index contributed by atoms with van der Waals surface area (Å²) < 4.78 is 25.0. The van der Waals surface area contributed by atoms with Crippen molar-refractivity contribution in [2.24, 2.45) is 0 Å². The van der Waals surface area contributed by atoms with Crippen LogP contribution in [0.15, 0.2) is 55.1 Å². The SMILES string of the molecule is C=CC1CCC(c2ccc(-c3ccc(OCC)c(F)c3)cc2)CO1. The molecule has 0 spiro atoms. The molecule has 0 aromatic heterocycles. The number of ether oxygens (including phenoxy) is 2. The van der Waals surface area contributed by atoms with Crippen molar-refractivity contribution < 1.29 is 13.9 Å². The second kappa shape index (κ2) is 7.63. The number of halogens is 1. The van der Waals surface area contributed by atoms with Gasteiger partial charge in [0.15, 0.2) is 11.6 Å². The van der Waals surface area contributed by atoms with Crippen LogP contribution in [0.3, 0.4) is 0 Å². The van der Waals surface area contributed by atoms with Gasteiger partial charge in [-0.15, -0.1) is 6.58 Å². The molecule has 2 atom stereocenters. The van der Waals surface area contributed by atoms with E-state index >= 15 is 0 Å². The van der Waals surface area contributed by atoms with Gasteiger partial charge in [-0.2, -0.15) is 0 Å². The zero-order valence-corrected chi connectivity index (χ0v) is 14.0. The molecular formula is C21H23FO2. The van der Waals surface area contributed by atoms with Gasteiger partial charge < -0.3 is 9.47 Å². The van der Waals surface area contributed by atoms with E-state index < -0.39 is 0 Å². The highest BCUT2D eigenvalue weighted by atomic mass is 19.1. The Morgan fingerprint density at radius 3 is 2.50 bits per heavy atom. The van der Waals surface area contributed by atoms with Crippen molar-refractivity contribution in [2.75, 3.05) is 13.2 Å². The average molecular weight is 326 g/mol. The average Bonchev–Trinajstić information content (AvgIpc) is 2.64. The van der Waals surface area contributed by atoms with Crippen molar-refractivity contribution in [3.63, 3.8) is 0 Å². The predicted octanol–water partition coefficient (Wildman–Crippen LogP) is 5.34. The molecule has 0 amide bonds. The number of hydrogen-bond acceptors (Lipinski definition) is 2. The van der Waals surface area contributed by atoms with Crippen LogP contribution in [-0.2, 0) is 4.74 Å². The third kappa shape index (κ3) is 3.68. The van der Waals surface area contributed by atoms with Crippen LogP contribution in [0, 0.1) is 5.82 Å². The summed E-state index contributed by atoms with van der Waals surface area (Å²) in [6, 6.07) is 13.4. The van der Waals surface area contributed by atoms with E-state index in [0.29, 0.717) is 18.3 Å². The lowest BCUT2D eigenvalue weighted by atomic mass is 9.90. The predicted molar refractivity (Wildman–Crippen MR) is 94.9 cm³/mol. The van der Waals surface area contributed by atoms with Gasteiger partial charge in [0.25, 0.3) is 0 Å². The first kappa shape index (κ1) is 16.7. The normalized spacial score (nSPS) is 20.6. The first-order valence-electron chi connectivity index (χ1n) is 8.48. The van der Waals surface area contributed by atoms with Crippen LogP contribution in [0.5, 0.6) is 5.75 Å². The van der Waals surface area contributed by atoms with Crippen LogP contribution in [-0.4, -0.2) is 19.3 Å². The van der Waals surface area contributed by atoms with Crippen LogP contribution in [0.25, 0.3) is 11.1 Å². The summed E-state index contributed by atoms with van der Waals surface area (Å²) >= 11 is 0. The Labute approximate surface area is 142 Å². The molecule has 0 bridgehead atoms. The highest BCUT2D eigenvalue weighted by Crippen LogP contribution is 2.31. The molecule has 1 fully saturated rings. The zero-order chi connectivity index (χ0) is 16.9. The summed E-state index contributed by atoms with van der Waals surface area (Å²) in [6.07, 6.45) is 4.18. The standard InChI is InChI=1S/C21H23FO2/c1-3-19-11-9-18(14-24-19)16-7-5-15(6-8-16)17-10-12-21(23-4-2)20(22)13-17/h3,5-8,10,12-13,18-19H,1,4,9,11,14H2,2H3. The lowest BCUT2D eigenvalue weighted by Gasteiger charge is -2.27. The number of rotatable bonds is 5. The molecule has 126 valence electrons. The van der Waals surface area contributed by atoms with E-state index in [0.717, 1.165) is 30.6 Å². The lowest BCUT2D eigenvalue weighted by Crippen LogP contribution is -2.22. The molecule has 1 aliphatic heterocycles. The Morgan fingerprint density at radius 1 is 1.17 bits per heavy atom. The van der Waals surface area contributed by atoms with Crippen LogP contribution in [0.2, 0.25) is 0 Å². The van der Waals surface area contributed by atoms with E-state index in [1.54, 1.807) is 6.07 Å². The van der Waals surface area contributed by atoms with Crippen LogP contribution >= 0.6 is 0 Å². The summed E-state index contributed by atoms with van der Waals surface area (Å²) in [5.74, 6) is 0.399. The van der Waals surface area contributed by atoms with Gasteiger partial charge in [0.1, 0.15) is 0 Å². The third-order valence-corrected chi connectivity index (χ3v) is 4.52. The monoisotopic (exact) mass is 326 g/mol. The summed E-state index contributed by atoms with van der Waals surface area (Å²) in [5, 5.41) is 0. The number of hydrogen-bond donors (Lipinski definition) is 0. The Morgan fingerprint density at radius 2 is 1.92 bits per heavy atom. The minimum absolute atomic E-state index is 0.187. The van der Waals surface area contributed by atoms with Crippen molar-refractivity contribution in [1.29, 1.82) is 0 Å². The van der Waals surface area contributed by atoms with Crippen molar-refractivity contribution in [3.8, 4) is 16.9 Å². The van der Waals surface area contributed by atoms with Gasteiger partial charge in [-0.05, 0) is 48.6 Å². The van der Waals surface area contributed by atoms with Crippen molar-refractivity contribution >= 4 is 0 Å². The second-order valence-electron chi connectivity index (χ2n) is 6.08. The highest BCUT2D eigenvalue weighted by molar-refractivity contribution is 5.64. The summed E-state index contributed by atoms with van der Waals surface area (Å²) in [5.41, 5.74) is 3.13. The largest absolute Gasteiger partial charge is 0.491 e. The summed E-state index contributed by atoms with van der Waals surface area (Å²) in [7, 11) is 0. The Bertz CT molecular complexity index is 685. The van der Waals surface area contributed by atoms with Gasteiger partial charge >= 0.3 is 0 Å². The van der Waals surface area contributed by atoms with Crippen LogP contribution in [0.1, 0.15) is 31.2 Å². The zero-order valence-electron chi connectivity index (χ0n) is 14.0. The highest BCUT2D eigenvalue weighted by Gasteiger charge is 2.21. The Hall–Kier alpha value is -2.13. The molecule has 0 N–H and O–H groups in total. The van der Waals surface area contributed by atoms with Gasteiger partial charge in [-0.25, -0.2) is 4.39 Å². The summed E-state index contributed by atoms with van der Waals surface area (Å²) in [4.78, 5) is 0. The molecule has 0 aliphatic carbocycles. The molecule has 2 aromatic carbocycles. The van der Waals surface area contributed by atoms with E-state index in [2.05, 4.69) is 18.7 Å². The van der Waals surface area contributed by atoms with E-state index in [9.17, 15) is 4.39 Å². The fourth-order valence-electron chi connectivity index (χ4n) is 3.12. The minimum Gasteiger partial charge on any atom is -0.491 e. The van der Waals surface area contributed by atoms with Crippen LogP contribution in [0.4, 0.5) is 4.39 Å². The van der Waals surface area contributed by atoms with Crippen molar-refractivity contribution in [3.05, 3.63) is 66.5 Å². The quantitative estimate of drug-likeness (QED) is 0.691. The third-order valence-electron chi connectivity index (χ3n) is 4.52. The first-order chi connectivity index (χ1) is 11.7. The second-order valence-corrected chi connectivity index (χ2v) is 6.08. The molecule has 24 heavy (non-hydrogen) atoms. The van der Waals surface area contributed by atoms with E-state index in [1.807, 2.05) is 31.2 Å². The maximum Gasteiger partial charge on any atom is 0.165 e. The van der Waals surface area contributed by atoms with E-state index in [4.69, 9.17) is 9.47 Å². The Kier molecular flexibility index (Phi) is 5.31. The molecule has 2 aromatic rings. The fraction of sp³-hybridized carbons (Fsp3) is 0.333.